The molecule has 5 nitrogen and oxygen atoms in total. The number of nitrogens with zero attached hydrogens (tertiary/aromatic N) is 2. The zero-order chi connectivity index (χ0) is 13.7. The molecule has 0 amide bonds. The molecular weight excluding hydrogens is 246 g/mol. The average molecular weight is 258 g/mol. The number of rotatable bonds is 5. The van der Waals surface area contributed by atoms with E-state index in [9.17, 15) is 18.9 Å². The molecule has 1 aromatic rings. The van der Waals surface area contributed by atoms with E-state index in [0.29, 0.717) is 0 Å². The fourth-order valence-electron chi connectivity index (χ4n) is 1.28. The van der Waals surface area contributed by atoms with Crippen LogP contribution in [0, 0.1) is 10.1 Å². The van der Waals surface area contributed by atoms with Crippen molar-refractivity contribution in [2.75, 3.05) is 14.1 Å². The van der Waals surface area contributed by atoms with Crippen molar-refractivity contribution in [3.05, 3.63) is 40.1 Å². The minimum absolute atomic E-state index is 0.0106. The summed E-state index contributed by atoms with van der Waals surface area (Å²) in [7, 11) is 3.41. The third kappa shape index (κ3) is 3.69. The number of nitro benzene ring substituents is 1. The van der Waals surface area contributed by atoms with Crippen molar-refractivity contribution in [3.8, 4) is 5.75 Å². The molecule has 0 aromatic heterocycles. The molecule has 0 spiro atoms. The van der Waals surface area contributed by atoms with E-state index in [1.807, 2.05) is 0 Å². The summed E-state index contributed by atoms with van der Waals surface area (Å²) < 4.78 is 28.7. The first kappa shape index (κ1) is 13.9. The molecule has 0 heterocycles. The topological polar surface area (TPSA) is 55.6 Å². The van der Waals surface area contributed by atoms with E-state index in [4.69, 9.17) is 0 Å². The van der Waals surface area contributed by atoms with Crippen LogP contribution in [0.25, 0.3) is 6.08 Å². The van der Waals surface area contributed by atoms with Crippen molar-refractivity contribution in [3.63, 3.8) is 0 Å². The van der Waals surface area contributed by atoms with Crippen LogP contribution >= 0.6 is 0 Å². The molecule has 98 valence electrons. The Kier molecular flexibility index (Phi) is 4.59. The Morgan fingerprint density at radius 2 is 2.11 bits per heavy atom. The van der Waals surface area contributed by atoms with Gasteiger partial charge in [0.1, 0.15) is 5.75 Å². The van der Waals surface area contributed by atoms with Gasteiger partial charge in [0, 0.05) is 20.2 Å². The summed E-state index contributed by atoms with van der Waals surface area (Å²) in [6, 6.07) is 3.78. The summed E-state index contributed by atoms with van der Waals surface area (Å²) in [5.74, 6) is -0.225. The fourth-order valence-corrected chi connectivity index (χ4v) is 1.28. The first-order valence-electron chi connectivity index (χ1n) is 4.98. The molecule has 0 aliphatic heterocycles. The van der Waals surface area contributed by atoms with Gasteiger partial charge < -0.3 is 9.64 Å². The van der Waals surface area contributed by atoms with E-state index >= 15 is 0 Å². The van der Waals surface area contributed by atoms with Crippen LogP contribution in [-0.2, 0) is 0 Å². The number of halogens is 2. The first-order chi connectivity index (χ1) is 8.41. The van der Waals surface area contributed by atoms with Crippen LogP contribution in [0.5, 0.6) is 5.75 Å². The Hall–Kier alpha value is -2.18. The second-order valence-electron chi connectivity index (χ2n) is 3.60. The monoisotopic (exact) mass is 258 g/mol. The molecule has 0 unspecified atom stereocenters. The second-order valence-corrected chi connectivity index (χ2v) is 3.60. The standard InChI is InChI=1S/C11H12F2N2O3/c1-14(2)7-6-8-9(15(16)17)4-3-5-10(8)18-11(12)13/h3-7,11H,1-2H3/b7-6+. The first-order valence-corrected chi connectivity index (χ1v) is 4.98. The van der Waals surface area contributed by atoms with Crippen LogP contribution in [0.15, 0.2) is 24.4 Å². The maximum Gasteiger partial charge on any atom is 0.387 e. The van der Waals surface area contributed by atoms with Crippen LogP contribution in [0.3, 0.4) is 0 Å². The lowest BCUT2D eigenvalue weighted by Gasteiger charge is -2.09. The summed E-state index contributed by atoms with van der Waals surface area (Å²) in [6.07, 6.45) is 2.87. The van der Waals surface area contributed by atoms with Crippen molar-refractivity contribution in [1.29, 1.82) is 0 Å². The number of hydrogen-bond acceptors (Lipinski definition) is 4. The molecule has 0 N–H and O–H groups in total. The molecule has 1 rings (SSSR count). The molecule has 0 fully saturated rings. The minimum atomic E-state index is -3.03. The van der Waals surface area contributed by atoms with Crippen LogP contribution < -0.4 is 4.74 Å². The largest absolute Gasteiger partial charge is 0.434 e. The Morgan fingerprint density at radius 1 is 1.44 bits per heavy atom. The van der Waals surface area contributed by atoms with E-state index in [2.05, 4.69) is 4.74 Å². The van der Waals surface area contributed by atoms with Gasteiger partial charge in [-0.2, -0.15) is 8.78 Å². The molecule has 0 bridgehead atoms. The SMILES string of the molecule is CN(C)/C=C/c1c(OC(F)F)cccc1[N+](=O)[O-]. The number of alkyl halides is 2. The van der Waals surface area contributed by atoms with Crippen LogP contribution in [0.2, 0.25) is 0 Å². The summed E-state index contributed by atoms with van der Waals surface area (Å²) >= 11 is 0. The summed E-state index contributed by atoms with van der Waals surface area (Å²) in [6.45, 7) is -3.03. The summed E-state index contributed by atoms with van der Waals surface area (Å²) in [4.78, 5) is 11.8. The highest BCUT2D eigenvalue weighted by Gasteiger charge is 2.18. The van der Waals surface area contributed by atoms with Gasteiger partial charge >= 0.3 is 6.61 Å². The number of benzene rings is 1. The van der Waals surface area contributed by atoms with Crippen molar-refractivity contribution in [2.24, 2.45) is 0 Å². The van der Waals surface area contributed by atoms with E-state index < -0.39 is 11.5 Å². The lowest BCUT2D eigenvalue weighted by atomic mass is 10.1. The van der Waals surface area contributed by atoms with Gasteiger partial charge in [0.05, 0.1) is 10.5 Å². The molecule has 0 aliphatic rings. The molecule has 7 heteroatoms. The minimum Gasteiger partial charge on any atom is -0.434 e. The maximum atomic E-state index is 12.2. The number of ether oxygens (including phenoxy) is 1. The molecule has 18 heavy (non-hydrogen) atoms. The zero-order valence-corrected chi connectivity index (χ0v) is 9.84. The van der Waals surface area contributed by atoms with E-state index in [-0.39, 0.29) is 17.0 Å². The highest BCUT2D eigenvalue weighted by Crippen LogP contribution is 2.30. The van der Waals surface area contributed by atoms with E-state index in [1.54, 1.807) is 19.0 Å². The summed E-state index contributed by atoms with van der Waals surface area (Å²) in [5.41, 5.74) is -0.275. The van der Waals surface area contributed by atoms with Gasteiger partial charge in [-0.25, -0.2) is 0 Å². The second kappa shape index (κ2) is 5.95. The number of hydrogen-bond donors (Lipinski definition) is 0. The lowest BCUT2D eigenvalue weighted by molar-refractivity contribution is -0.385. The lowest BCUT2D eigenvalue weighted by Crippen LogP contribution is -2.05. The van der Waals surface area contributed by atoms with E-state index in [1.165, 1.54) is 30.5 Å². The Morgan fingerprint density at radius 3 is 2.61 bits per heavy atom. The Balaban J connectivity index is 3.25. The van der Waals surface area contributed by atoms with Gasteiger partial charge in [0.15, 0.2) is 0 Å². The normalized spacial score (nSPS) is 10.9. The fraction of sp³-hybridized carbons (Fsp3) is 0.273. The molecule has 0 radical (unpaired) electrons. The third-order valence-corrected chi connectivity index (χ3v) is 2.00. The molecule has 0 atom stereocenters. The Labute approximate surface area is 102 Å². The van der Waals surface area contributed by atoms with Gasteiger partial charge in [0.2, 0.25) is 0 Å². The highest BCUT2D eigenvalue weighted by molar-refractivity contribution is 5.67. The van der Waals surface area contributed by atoms with Gasteiger partial charge in [-0.1, -0.05) is 6.07 Å². The summed E-state index contributed by atoms with van der Waals surface area (Å²) in [5, 5.41) is 10.8. The van der Waals surface area contributed by atoms with Crippen LogP contribution in [0.1, 0.15) is 5.56 Å². The van der Waals surface area contributed by atoms with Gasteiger partial charge in [-0.15, -0.1) is 0 Å². The highest BCUT2D eigenvalue weighted by atomic mass is 19.3. The molecule has 0 saturated heterocycles. The molecule has 0 saturated carbocycles. The van der Waals surface area contributed by atoms with E-state index in [0.717, 1.165) is 0 Å². The van der Waals surface area contributed by atoms with Crippen LogP contribution in [0.4, 0.5) is 14.5 Å². The van der Waals surface area contributed by atoms with Gasteiger partial charge in [0.25, 0.3) is 5.69 Å². The maximum absolute atomic E-state index is 12.2. The van der Waals surface area contributed by atoms with Crippen molar-refractivity contribution in [1.82, 2.24) is 4.90 Å². The number of nitro groups is 1. The average Bonchev–Trinajstić information content (AvgIpc) is 2.25. The Bertz CT molecular complexity index is 462. The van der Waals surface area contributed by atoms with Crippen molar-refractivity contribution in [2.45, 2.75) is 6.61 Å². The van der Waals surface area contributed by atoms with Gasteiger partial charge in [-0.3, -0.25) is 10.1 Å². The van der Waals surface area contributed by atoms with Crippen molar-refractivity contribution < 1.29 is 18.4 Å². The van der Waals surface area contributed by atoms with Crippen molar-refractivity contribution >= 4 is 11.8 Å². The molecule has 0 aliphatic carbocycles. The predicted molar refractivity (Wildman–Crippen MR) is 62.4 cm³/mol. The quantitative estimate of drug-likeness (QED) is 0.602. The smallest absolute Gasteiger partial charge is 0.387 e. The zero-order valence-electron chi connectivity index (χ0n) is 9.84. The molecule has 1 aromatic carbocycles. The van der Waals surface area contributed by atoms with Crippen LogP contribution in [-0.4, -0.2) is 30.5 Å². The predicted octanol–water partition coefficient (Wildman–Crippen LogP) is 2.73. The molecular formula is C11H12F2N2O3. The van der Waals surface area contributed by atoms with Gasteiger partial charge in [-0.05, 0) is 18.3 Å². The third-order valence-electron chi connectivity index (χ3n) is 2.00.